The second-order valence-corrected chi connectivity index (χ2v) is 6.61. The van der Waals surface area contributed by atoms with Crippen LogP contribution in [0.2, 0.25) is 0 Å². The Hall–Kier alpha value is -1.73. The highest BCUT2D eigenvalue weighted by Crippen LogP contribution is 2.32. The molecule has 21 heavy (non-hydrogen) atoms. The van der Waals surface area contributed by atoms with E-state index >= 15 is 0 Å². The van der Waals surface area contributed by atoms with Gasteiger partial charge in [0.15, 0.2) is 5.65 Å². The van der Waals surface area contributed by atoms with E-state index in [1.54, 1.807) is 22.2 Å². The van der Waals surface area contributed by atoms with Crippen LogP contribution in [0, 0.1) is 13.8 Å². The highest BCUT2D eigenvalue weighted by molar-refractivity contribution is 7.18. The fourth-order valence-corrected chi connectivity index (χ4v) is 3.81. The van der Waals surface area contributed by atoms with Crippen LogP contribution in [0.1, 0.15) is 23.3 Å². The minimum absolute atomic E-state index is 0.271. The van der Waals surface area contributed by atoms with Gasteiger partial charge in [0.05, 0.1) is 11.5 Å². The molecular weight excluding hydrogens is 286 g/mol. The van der Waals surface area contributed by atoms with Gasteiger partial charge in [0.2, 0.25) is 5.95 Å². The normalized spacial score (nSPS) is 18.9. The van der Waals surface area contributed by atoms with Crippen molar-refractivity contribution in [1.82, 2.24) is 19.6 Å². The number of hydrogen-bond acceptors (Lipinski definition) is 6. The van der Waals surface area contributed by atoms with Gasteiger partial charge < -0.3 is 10.1 Å². The third-order valence-electron chi connectivity index (χ3n) is 4.06. The largest absolute Gasteiger partial charge is 0.376 e. The lowest BCUT2D eigenvalue weighted by Crippen LogP contribution is -2.20. The zero-order valence-electron chi connectivity index (χ0n) is 12.1. The summed E-state index contributed by atoms with van der Waals surface area (Å²) in [4.78, 5) is 11.4. The van der Waals surface area contributed by atoms with Gasteiger partial charge in [-0.05, 0) is 32.3 Å². The predicted molar refractivity (Wildman–Crippen MR) is 83.1 cm³/mol. The Bertz CT molecular complexity index is 803. The summed E-state index contributed by atoms with van der Waals surface area (Å²) in [7, 11) is 0. The maximum absolute atomic E-state index is 5.65. The summed E-state index contributed by atoms with van der Waals surface area (Å²) >= 11 is 1.71. The van der Waals surface area contributed by atoms with E-state index < -0.39 is 0 Å². The standard InChI is InChI=1S/C14H17N5OS/c1-8-9(2)21-13-11(8)12-16-7-17-19(12)14(18-13)15-6-10-4-3-5-20-10/h7,10H,3-6H2,1-2H3,(H,15,18)/t10-/m1/s1. The van der Waals surface area contributed by atoms with Gasteiger partial charge >= 0.3 is 0 Å². The van der Waals surface area contributed by atoms with E-state index in [2.05, 4.69) is 29.2 Å². The third-order valence-corrected chi connectivity index (χ3v) is 5.16. The molecule has 1 fully saturated rings. The number of ether oxygens (including phenoxy) is 1. The average molecular weight is 303 g/mol. The summed E-state index contributed by atoms with van der Waals surface area (Å²) in [6.07, 6.45) is 4.10. The van der Waals surface area contributed by atoms with E-state index in [9.17, 15) is 0 Å². The fraction of sp³-hybridized carbons (Fsp3) is 0.500. The number of nitrogens with zero attached hydrogens (tertiary/aromatic N) is 4. The van der Waals surface area contributed by atoms with E-state index in [-0.39, 0.29) is 6.10 Å². The maximum atomic E-state index is 5.65. The molecule has 110 valence electrons. The number of thiophene rings is 1. The zero-order valence-corrected chi connectivity index (χ0v) is 12.9. The average Bonchev–Trinajstić information content (AvgIpc) is 3.18. The molecule has 3 aromatic rings. The smallest absolute Gasteiger partial charge is 0.227 e. The fourth-order valence-electron chi connectivity index (χ4n) is 2.79. The highest BCUT2D eigenvalue weighted by atomic mass is 32.1. The number of aryl methyl sites for hydroxylation is 2. The lowest BCUT2D eigenvalue weighted by molar-refractivity contribution is 0.120. The Balaban J connectivity index is 1.77. The van der Waals surface area contributed by atoms with Crippen molar-refractivity contribution < 1.29 is 4.74 Å². The van der Waals surface area contributed by atoms with E-state index in [0.29, 0.717) is 0 Å². The lowest BCUT2D eigenvalue weighted by Gasteiger charge is -2.12. The molecule has 7 heteroatoms. The molecule has 3 aromatic heterocycles. The van der Waals surface area contributed by atoms with Crippen LogP contribution in [0.5, 0.6) is 0 Å². The van der Waals surface area contributed by atoms with Crippen molar-refractivity contribution in [3.05, 3.63) is 16.8 Å². The SMILES string of the molecule is Cc1sc2nc(NC[C@H]3CCCO3)n3ncnc3c2c1C. The Labute approximate surface area is 126 Å². The van der Waals surface area contributed by atoms with Crippen molar-refractivity contribution in [1.29, 1.82) is 0 Å². The number of anilines is 1. The van der Waals surface area contributed by atoms with Crippen molar-refractivity contribution in [2.45, 2.75) is 32.8 Å². The maximum Gasteiger partial charge on any atom is 0.227 e. The highest BCUT2D eigenvalue weighted by Gasteiger charge is 2.18. The Morgan fingerprint density at radius 1 is 1.48 bits per heavy atom. The molecule has 1 aliphatic heterocycles. The lowest BCUT2D eigenvalue weighted by atomic mass is 10.2. The molecule has 0 unspecified atom stereocenters. The molecule has 0 spiro atoms. The minimum Gasteiger partial charge on any atom is -0.376 e. The van der Waals surface area contributed by atoms with Gasteiger partial charge in [-0.3, -0.25) is 0 Å². The van der Waals surface area contributed by atoms with Crippen molar-refractivity contribution in [3.63, 3.8) is 0 Å². The van der Waals surface area contributed by atoms with Crippen LogP contribution in [0.4, 0.5) is 5.95 Å². The van der Waals surface area contributed by atoms with Crippen molar-refractivity contribution in [2.24, 2.45) is 0 Å². The molecule has 0 amide bonds. The summed E-state index contributed by atoms with van der Waals surface area (Å²) in [6.45, 7) is 5.86. The quantitative estimate of drug-likeness (QED) is 0.805. The topological polar surface area (TPSA) is 64.3 Å². The van der Waals surface area contributed by atoms with E-state index in [1.807, 2.05) is 0 Å². The van der Waals surface area contributed by atoms with Gasteiger partial charge in [0, 0.05) is 18.0 Å². The predicted octanol–water partition coefficient (Wildman–Crippen LogP) is 2.55. The molecule has 1 aliphatic rings. The van der Waals surface area contributed by atoms with Gasteiger partial charge in [0.25, 0.3) is 0 Å². The summed E-state index contributed by atoms with van der Waals surface area (Å²) in [5, 5.41) is 8.79. The first-order chi connectivity index (χ1) is 10.2. The molecule has 0 radical (unpaired) electrons. The van der Waals surface area contributed by atoms with Gasteiger partial charge in [-0.1, -0.05) is 0 Å². The molecule has 6 nitrogen and oxygen atoms in total. The molecule has 0 saturated carbocycles. The van der Waals surface area contributed by atoms with Gasteiger partial charge in [-0.25, -0.2) is 9.97 Å². The minimum atomic E-state index is 0.271. The van der Waals surface area contributed by atoms with Crippen LogP contribution >= 0.6 is 11.3 Å². The Morgan fingerprint density at radius 2 is 2.38 bits per heavy atom. The first-order valence-corrected chi connectivity index (χ1v) is 8.00. The van der Waals surface area contributed by atoms with Crippen LogP contribution in [-0.2, 0) is 4.74 Å². The second-order valence-electron chi connectivity index (χ2n) is 5.41. The number of rotatable bonds is 3. The van der Waals surface area contributed by atoms with Gasteiger partial charge in [0.1, 0.15) is 11.2 Å². The molecule has 0 aromatic carbocycles. The van der Waals surface area contributed by atoms with E-state index in [0.717, 1.165) is 47.8 Å². The molecule has 0 bridgehead atoms. The summed E-state index contributed by atoms with van der Waals surface area (Å²) in [5.41, 5.74) is 2.11. The van der Waals surface area contributed by atoms with Crippen LogP contribution in [0.25, 0.3) is 15.9 Å². The summed E-state index contributed by atoms with van der Waals surface area (Å²) in [5.74, 6) is 0.742. The molecule has 4 rings (SSSR count). The molecule has 1 atom stereocenters. The third kappa shape index (κ3) is 2.08. The van der Waals surface area contributed by atoms with Crippen molar-refractivity contribution in [2.75, 3.05) is 18.5 Å². The zero-order chi connectivity index (χ0) is 14.4. The van der Waals surface area contributed by atoms with Crippen molar-refractivity contribution in [3.8, 4) is 0 Å². The Morgan fingerprint density at radius 3 is 3.19 bits per heavy atom. The van der Waals surface area contributed by atoms with Crippen LogP contribution < -0.4 is 5.32 Å². The van der Waals surface area contributed by atoms with Gasteiger partial charge in [-0.2, -0.15) is 9.61 Å². The summed E-state index contributed by atoms with van der Waals surface area (Å²) < 4.78 is 7.43. The van der Waals surface area contributed by atoms with Crippen molar-refractivity contribution >= 4 is 33.1 Å². The number of nitrogens with one attached hydrogen (secondary N) is 1. The molecule has 0 aliphatic carbocycles. The first-order valence-electron chi connectivity index (χ1n) is 7.19. The van der Waals surface area contributed by atoms with Crippen LogP contribution in [0.3, 0.4) is 0 Å². The van der Waals surface area contributed by atoms with Crippen LogP contribution in [0.15, 0.2) is 6.33 Å². The molecule has 1 saturated heterocycles. The summed E-state index contributed by atoms with van der Waals surface area (Å²) in [6, 6.07) is 0. The second kappa shape index (κ2) is 4.92. The van der Waals surface area contributed by atoms with E-state index in [1.165, 1.54) is 10.4 Å². The molecular formula is C14H17N5OS. The van der Waals surface area contributed by atoms with Crippen LogP contribution in [-0.4, -0.2) is 38.8 Å². The molecule has 4 heterocycles. The van der Waals surface area contributed by atoms with Gasteiger partial charge in [-0.15, -0.1) is 11.3 Å². The Kier molecular flexibility index (Phi) is 3.04. The number of hydrogen-bond donors (Lipinski definition) is 1. The first kappa shape index (κ1) is 13.0. The van der Waals surface area contributed by atoms with E-state index in [4.69, 9.17) is 9.72 Å². The number of fused-ring (bicyclic) bond motifs is 3. The molecule has 1 N–H and O–H groups in total. The number of aromatic nitrogens is 4. The monoisotopic (exact) mass is 303 g/mol.